The van der Waals surface area contributed by atoms with Crippen molar-refractivity contribution in [1.82, 2.24) is 0 Å². The van der Waals surface area contributed by atoms with E-state index in [0.29, 0.717) is 0 Å². The molecule has 0 bridgehead atoms. The first kappa shape index (κ1) is 15.0. The molecule has 1 unspecified atom stereocenters. The molecule has 0 aliphatic heterocycles. The lowest BCUT2D eigenvalue weighted by atomic mass is 9.85. The molecule has 2 nitrogen and oxygen atoms in total. The zero-order chi connectivity index (χ0) is 13.8. The Labute approximate surface area is 112 Å². The van der Waals surface area contributed by atoms with E-state index < -0.39 is 0 Å². The van der Waals surface area contributed by atoms with Crippen LogP contribution >= 0.6 is 0 Å². The van der Waals surface area contributed by atoms with Gasteiger partial charge in [-0.2, -0.15) is 0 Å². The molecule has 0 aliphatic carbocycles. The van der Waals surface area contributed by atoms with E-state index in [1.807, 2.05) is 6.92 Å². The molecule has 1 rings (SSSR count). The van der Waals surface area contributed by atoms with E-state index >= 15 is 0 Å². The van der Waals surface area contributed by atoms with Gasteiger partial charge in [0.2, 0.25) is 0 Å². The topological polar surface area (TPSA) is 35.2 Å². The lowest BCUT2D eigenvalue weighted by Crippen LogP contribution is -2.19. The first-order valence-electron chi connectivity index (χ1n) is 6.86. The third kappa shape index (κ3) is 4.34. The predicted octanol–water partition coefficient (Wildman–Crippen LogP) is 3.66. The van der Waals surface area contributed by atoms with Crippen molar-refractivity contribution >= 4 is 0 Å². The van der Waals surface area contributed by atoms with Gasteiger partial charge >= 0.3 is 0 Å². The fourth-order valence-corrected chi connectivity index (χ4v) is 2.00. The maximum Gasteiger partial charge on any atom is 0.123 e. The minimum absolute atomic E-state index is 0.0942. The summed E-state index contributed by atoms with van der Waals surface area (Å²) in [6.45, 7) is 11.6. The molecule has 0 saturated carbocycles. The highest BCUT2D eigenvalue weighted by molar-refractivity contribution is 5.41. The van der Waals surface area contributed by atoms with Crippen LogP contribution in [0.1, 0.15) is 52.2 Å². The largest absolute Gasteiger partial charge is 0.493 e. The van der Waals surface area contributed by atoms with E-state index in [4.69, 9.17) is 10.5 Å². The molecule has 0 aliphatic rings. The second-order valence-electron chi connectivity index (χ2n) is 6.11. The van der Waals surface area contributed by atoms with Crippen LogP contribution in [-0.2, 0) is 11.8 Å². The standard InChI is InChI=1S/C16H27NO/c1-6-9-18-15-8-7-13(10-12(2)17)11-14(15)16(3,4)5/h7-8,11-12H,6,9-10,17H2,1-5H3. The van der Waals surface area contributed by atoms with E-state index in [0.717, 1.165) is 25.2 Å². The van der Waals surface area contributed by atoms with E-state index in [9.17, 15) is 0 Å². The van der Waals surface area contributed by atoms with Crippen LogP contribution in [-0.4, -0.2) is 12.6 Å². The summed E-state index contributed by atoms with van der Waals surface area (Å²) in [4.78, 5) is 0. The van der Waals surface area contributed by atoms with Crippen LogP contribution in [0, 0.1) is 0 Å². The van der Waals surface area contributed by atoms with Gasteiger partial charge in [-0.3, -0.25) is 0 Å². The fraction of sp³-hybridized carbons (Fsp3) is 0.625. The summed E-state index contributed by atoms with van der Waals surface area (Å²) in [6, 6.07) is 6.66. The maximum atomic E-state index is 5.87. The number of nitrogens with two attached hydrogens (primary N) is 1. The van der Waals surface area contributed by atoms with Crippen LogP contribution in [0.5, 0.6) is 5.75 Å². The second kappa shape index (κ2) is 6.24. The third-order valence-electron chi connectivity index (χ3n) is 2.87. The Hall–Kier alpha value is -1.02. The average Bonchev–Trinajstić information content (AvgIpc) is 2.25. The fourth-order valence-electron chi connectivity index (χ4n) is 2.00. The molecule has 1 aromatic carbocycles. The molecule has 2 heteroatoms. The maximum absolute atomic E-state index is 5.87. The Kier molecular flexibility index (Phi) is 5.21. The van der Waals surface area contributed by atoms with Crippen LogP contribution < -0.4 is 10.5 Å². The van der Waals surface area contributed by atoms with Crippen molar-refractivity contribution in [2.45, 2.75) is 58.9 Å². The molecular weight excluding hydrogens is 222 g/mol. The summed E-state index contributed by atoms with van der Waals surface area (Å²) >= 11 is 0. The summed E-state index contributed by atoms with van der Waals surface area (Å²) in [5, 5.41) is 0. The molecule has 0 radical (unpaired) electrons. The minimum atomic E-state index is 0.0942. The predicted molar refractivity (Wildman–Crippen MR) is 78.3 cm³/mol. The van der Waals surface area contributed by atoms with Gasteiger partial charge < -0.3 is 10.5 Å². The Morgan fingerprint density at radius 1 is 1.28 bits per heavy atom. The van der Waals surface area contributed by atoms with Gasteiger partial charge in [0, 0.05) is 6.04 Å². The van der Waals surface area contributed by atoms with Crippen molar-refractivity contribution in [3.05, 3.63) is 29.3 Å². The molecule has 102 valence electrons. The zero-order valence-electron chi connectivity index (χ0n) is 12.4. The van der Waals surface area contributed by atoms with Crippen molar-refractivity contribution in [1.29, 1.82) is 0 Å². The summed E-state index contributed by atoms with van der Waals surface area (Å²) in [5.74, 6) is 1.01. The lowest BCUT2D eigenvalue weighted by molar-refractivity contribution is 0.308. The van der Waals surface area contributed by atoms with Crippen LogP contribution in [0.15, 0.2) is 18.2 Å². The molecule has 0 heterocycles. The number of hydrogen-bond acceptors (Lipinski definition) is 2. The van der Waals surface area contributed by atoms with E-state index in [2.05, 4.69) is 45.9 Å². The van der Waals surface area contributed by atoms with Crippen molar-refractivity contribution in [3.8, 4) is 5.75 Å². The first-order chi connectivity index (χ1) is 8.34. The number of ether oxygens (including phenoxy) is 1. The van der Waals surface area contributed by atoms with Gasteiger partial charge in [0.25, 0.3) is 0 Å². The van der Waals surface area contributed by atoms with Gasteiger partial charge in [-0.15, -0.1) is 0 Å². The van der Waals surface area contributed by atoms with Gasteiger partial charge in [-0.05, 0) is 42.4 Å². The molecule has 0 fully saturated rings. The highest BCUT2D eigenvalue weighted by atomic mass is 16.5. The van der Waals surface area contributed by atoms with Gasteiger partial charge in [0.15, 0.2) is 0 Å². The SMILES string of the molecule is CCCOc1ccc(CC(C)N)cc1C(C)(C)C. The van der Waals surface area contributed by atoms with Crippen molar-refractivity contribution in [2.75, 3.05) is 6.61 Å². The van der Waals surface area contributed by atoms with Gasteiger partial charge in [0.05, 0.1) is 6.61 Å². The van der Waals surface area contributed by atoms with E-state index in [-0.39, 0.29) is 11.5 Å². The normalized spacial score (nSPS) is 13.4. The Morgan fingerprint density at radius 2 is 1.94 bits per heavy atom. The lowest BCUT2D eigenvalue weighted by Gasteiger charge is -2.24. The molecule has 0 aromatic heterocycles. The quantitative estimate of drug-likeness (QED) is 0.864. The summed E-state index contributed by atoms with van der Waals surface area (Å²) in [6.07, 6.45) is 1.95. The minimum Gasteiger partial charge on any atom is -0.493 e. The van der Waals surface area contributed by atoms with E-state index in [1.54, 1.807) is 0 Å². The summed E-state index contributed by atoms with van der Waals surface area (Å²) in [5.41, 5.74) is 8.53. The van der Waals surface area contributed by atoms with Crippen LogP contribution in [0.25, 0.3) is 0 Å². The number of hydrogen-bond donors (Lipinski definition) is 1. The molecule has 18 heavy (non-hydrogen) atoms. The molecule has 0 amide bonds. The highest BCUT2D eigenvalue weighted by Gasteiger charge is 2.19. The Bertz CT molecular complexity index is 377. The number of rotatable bonds is 5. The average molecular weight is 249 g/mol. The second-order valence-corrected chi connectivity index (χ2v) is 6.11. The van der Waals surface area contributed by atoms with Gasteiger partial charge in [-0.1, -0.05) is 39.8 Å². The molecule has 0 saturated heterocycles. The molecule has 1 aromatic rings. The van der Waals surface area contributed by atoms with Crippen molar-refractivity contribution < 1.29 is 4.74 Å². The van der Waals surface area contributed by atoms with Crippen molar-refractivity contribution in [3.63, 3.8) is 0 Å². The summed E-state index contributed by atoms with van der Waals surface area (Å²) < 4.78 is 5.84. The van der Waals surface area contributed by atoms with Crippen LogP contribution in [0.2, 0.25) is 0 Å². The summed E-state index contributed by atoms with van der Waals surface area (Å²) in [7, 11) is 0. The van der Waals surface area contributed by atoms with Gasteiger partial charge in [-0.25, -0.2) is 0 Å². The molecule has 0 spiro atoms. The zero-order valence-corrected chi connectivity index (χ0v) is 12.4. The molecule has 2 N–H and O–H groups in total. The Morgan fingerprint density at radius 3 is 2.44 bits per heavy atom. The van der Waals surface area contributed by atoms with Crippen LogP contribution in [0.4, 0.5) is 0 Å². The number of benzene rings is 1. The third-order valence-corrected chi connectivity index (χ3v) is 2.87. The molecular formula is C16H27NO. The van der Waals surface area contributed by atoms with Crippen molar-refractivity contribution in [2.24, 2.45) is 5.73 Å². The molecule has 1 atom stereocenters. The van der Waals surface area contributed by atoms with E-state index in [1.165, 1.54) is 11.1 Å². The first-order valence-corrected chi connectivity index (χ1v) is 6.86. The monoisotopic (exact) mass is 249 g/mol. The highest BCUT2D eigenvalue weighted by Crippen LogP contribution is 2.32. The smallest absolute Gasteiger partial charge is 0.123 e. The Balaban J connectivity index is 3.04. The van der Waals surface area contributed by atoms with Gasteiger partial charge in [0.1, 0.15) is 5.75 Å². The van der Waals surface area contributed by atoms with Crippen LogP contribution in [0.3, 0.4) is 0 Å².